The van der Waals surface area contributed by atoms with Crippen molar-refractivity contribution in [1.29, 1.82) is 0 Å². The normalized spacial score (nSPS) is 20.8. The molecule has 1 unspecified atom stereocenters. The van der Waals surface area contributed by atoms with Gasteiger partial charge in [0.05, 0.1) is 11.4 Å². The average molecular weight is 471 g/mol. The molecule has 3 aromatic rings. The third-order valence-corrected chi connectivity index (χ3v) is 7.74. The van der Waals surface area contributed by atoms with Crippen molar-refractivity contribution in [3.63, 3.8) is 0 Å². The average Bonchev–Trinajstić information content (AvgIpc) is 3.41. The maximum absolute atomic E-state index is 13.1. The molecular weight excluding hydrogens is 440 g/mol. The zero-order valence-corrected chi connectivity index (χ0v) is 20.0. The molecule has 3 heterocycles. The maximum atomic E-state index is 13.1. The molecule has 2 fully saturated rings. The lowest BCUT2D eigenvalue weighted by Crippen LogP contribution is -2.53. The molecule has 0 saturated carbocycles. The fourth-order valence-corrected chi connectivity index (χ4v) is 5.78. The first-order valence-corrected chi connectivity index (χ1v) is 12.9. The summed E-state index contributed by atoms with van der Waals surface area (Å²) in [5, 5.41) is 3.64. The number of thioether (sulfide) groups is 1. The Morgan fingerprint density at radius 2 is 1.62 bits per heavy atom. The highest BCUT2D eigenvalue weighted by Crippen LogP contribution is 2.33. The van der Waals surface area contributed by atoms with Gasteiger partial charge in [0.1, 0.15) is 0 Å². The second kappa shape index (κ2) is 11.0. The molecule has 1 aromatic heterocycles. The van der Waals surface area contributed by atoms with Gasteiger partial charge in [-0.3, -0.25) is 20.0 Å². The van der Waals surface area contributed by atoms with Gasteiger partial charge < -0.3 is 4.90 Å². The Bertz CT molecular complexity index is 1060. The molecule has 0 aliphatic carbocycles. The van der Waals surface area contributed by atoms with Crippen molar-refractivity contribution in [1.82, 2.24) is 20.1 Å². The second-order valence-corrected chi connectivity index (χ2v) is 9.83. The third-order valence-electron chi connectivity index (χ3n) is 6.47. The highest BCUT2D eigenvalue weighted by atomic mass is 32.2. The highest BCUT2D eigenvalue weighted by molar-refractivity contribution is 7.99. The van der Waals surface area contributed by atoms with Crippen molar-refractivity contribution in [2.45, 2.75) is 11.4 Å². The number of piperazine rings is 1. The summed E-state index contributed by atoms with van der Waals surface area (Å²) in [5.74, 6) is 1.03. The standard InChI is InChI=1S/C28H30N4OS/c33-28(26-21-34-27(30-26)24-12-7-14-29-20-24)32-18-16-31(17-19-32)15-13-25(22-8-3-1-4-9-22)23-10-5-2-6-11-23/h1-14,20,26-27,30H,15-19,21H2/t26-,27?/m0/s1. The molecule has 2 aliphatic heterocycles. The number of rotatable bonds is 6. The van der Waals surface area contributed by atoms with E-state index in [9.17, 15) is 4.79 Å². The second-order valence-electron chi connectivity index (χ2n) is 8.69. The molecular formula is C28H30N4OS. The smallest absolute Gasteiger partial charge is 0.240 e. The van der Waals surface area contributed by atoms with Crippen LogP contribution in [0.5, 0.6) is 0 Å². The molecule has 2 saturated heterocycles. The molecule has 0 spiro atoms. The summed E-state index contributed by atoms with van der Waals surface area (Å²) in [6.07, 6.45) is 5.99. The Balaban J connectivity index is 1.17. The zero-order valence-electron chi connectivity index (χ0n) is 19.2. The lowest BCUT2D eigenvalue weighted by molar-refractivity contribution is -0.134. The van der Waals surface area contributed by atoms with Crippen molar-refractivity contribution >= 4 is 23.2 Å². The fraction of sp³-hybridized carbons (Fsp3) is 0.286. The van der Waals surface area contributed by atoms with Crippen molar-refractivity contribution in [2.24, 2.45) is 0 Å². The van der Waals surface area contributed by atoms with Crippen LogP contribution in [0.3, 0.4) is 0 Å². The largest absolute Gasteiger partial charge is 0.339 e. The van der Waals surface area contributed by atoms with Crippen LogP contribution in [0.2, 0.25) is 0 Å². The van der Waals surface area contributed by atoms with E-state index in [0.717, 1.165) is 44.0 Å². The van der Waals surface area contributed by atoms with Gasteiger partial charge in [0.15, 0.2) is 0 Å². The van der Waals surface area contributed by atoms with Gasteiger partial charge in [-0.25, -0.2) is 0 Å². The molecule has 5 rings (SSSR count). The molecule has 0 bridgehead atoms. The lowest BCUT2D eigenvalue weighted by atomic mass is 9.97. The van der Waals surface area contributed by atoms with E-state index in [4.69, 9.17) is 0 Å². The van der Waals surface area contributed by atoms with Gasteiger partial charge in [0.25, 0.3) is 0 Å². The van der Waals surface area contributed by atoms with Crippen LogP contribution >= 0.6 is 11.8 Å². The van der Waals surface area contributed by atoms with Crippen molar-refractivity contribution < 1.29 is 4.79 Å². The Morgan fingerprint density at radius 1 is 0.941 bits per heavy atom. The molecule has 2 atom stereocenters. The van der Waals surface area contributed by atoms with E-state index in [1.807, 2.05) is 17.2 Å². The monoisotopic (exact) mass is 470 g/mol. The predicted molar refractivity (Wildman–Crippen MR) is 139 cm³/mol. The van der Waals surface area contributed by atoms with Gasteiger partial charge in [-0.05, 0) is 28.3 Å². The number of hydrogen-bond donors (Lipinski definition) is 1. The van der Waals surface area contributed by atoms with E-state index < -0.39 is 0 Å². The van der Waals surface area contributed by atoms with E-state index in [2.05, 4.69) is 88.0 Å². The molecule has 2 aromatic carbocycles. The Hall–Kier alpha value is -2.93. The van der Waals surface area contributed by atoms with E-state index in [1.165, 1.54) is 16.7 Å². The van der Waals surface area contributed by atoms with Crippen LogP contribution in [-0.2, 0) is 4.79 Å². The van der Waals surface area contributed by atoms with Crippen LogP contribution in [0.15, 0.2) is 91.3 Å². The SMILES string of the molecule is O=C([C@@H]1CSC(c2cccnc2)N1)N1CCN(CC=C(c2ccccc2)c2ccccc2)CC1. The number of nitrogens with one attached hydrogen (secondary N) is 1. The molecule has 6 heteroatoms. The Labute approximate surface area is 205 Å². The van der Waals surface area contributed by atoms with Gasteiger partial charge in [-0.1, -0.05) is 72.8 Å². The Kier molecular flexibility index (Phi) is 7.39. The van der Waals surface area contributed by atoms with Crippen LogP contribution < -0.4 is 5.32 Å². The Morgan fingerprint density at radius 3 is 2.24 bits per heavy atom. The molecule has 34 heavy (non-hydrogen) atoms. The molecule has 1 amide bonds. The van der Waals surface area contributed by atoms with Crippen LogP contribution in [0.25, 0.3) is 5.57 Å². The van der Waals surface area contributed by atoms with Crippen LogP contribution in [0, 0.1) is 0 Å². The maximum Gasteiger partial charge on any atom is 0.240 e. The number of benzene rings is 2. The first-order valence-electron chi connectivity index (χ1n) is 11.9. The van der Waals surface area contributed by atoms with Gasteiger partial charge >= 0.3 is 0 Å². The van der Waals surface area contributed by atoms with Gasteiger partial charge in [0.2, 0.25) is 5.91 Å². The van der Waals surface area contributed by atoms with Crippen molar-refractivity contribution in [3.8, 4) is 0 Å². The van der Waals surface area contributed by atoms with Crippen LogP contribution in [-0.4, -0.2) is 65.2 Å². The topological polar surface area (TPSA) is 48.5 Å². The highest BCUT2D eigenvalue weighted by Gasteiger charge is 2.34. The fourth-order valence-electron chi connectivity index (χ4n) is 4.57. The number of nitrogens with zero attached hydrogens (tertiary/aromatic N) is 3. The summed E-state index contributed by atoms with van der Waals surface area (Å²) in [6.45, 7) is 4.22. The minimum Gasteiger partial charge on any atom is -0.339 e. The van der Waals surface area contributed by atoms with E-state index in [-0.39, 0.29) is 17.3 Å². The van der Waals surface area contributed by atoms with E-state index in [0.29, 0.717) is 0 Å². The van der Waals surface area contributed by atoms with Crippen LogP contribution in [0.4, 0.5) is 0 Å². The predicted octanol–water partition coefficient (Wildman–Crippen LogP) is 4.06. The summed E-state index contributed by atoms with van der Waals surface area (Å²) in [7, 11) is 0. The number of carbonyl (C=O) groups is 1. The lowest BCUT2D eigenvalue weighted by Gasteiger charge is -2.35. The van der Waals surface area contributed by atoms with Crippen molar-refractivity contribution in [2.75, 3.05) is 38.5 Å². The summed E-state index contributed by atoms with van der Waals surface area (Å²) in [6, 6.07) is 25.0. The van der Waals surface area contributed by atoms with Gasteiger partial charge in [0, 0.05) is 50.9 Å². The molecule has 2 aliphatic rings. The number of aromatic nitrogens is 1. The number of carbonyl (C=O) groups excluding carboxylic acids is 1. The minimum absolute atomic E-state index is 0.121. The first-order chi connectivity index (χ1) is 16.8. The summed E-state index contributed by atoms with van der Waals surface area (Å²) in [4.78, 5) is 21.8. The summed E-state index contributed by atoms with van der Waals surface area (Å²) < 4.78 is 0. The molecule has 174 valence electrons. The van der Waals surface area contributed by atoms with E-state index in [1.54, 1.807) is 18.0 Å². The number of amides is 1. The molecule has 5 nitrogen and oxygen atoms in total. The quantitative estimate of drug-likeness (QED) is 0.589. The molecule has 1 N–H and O–H groups in total. The van der Waals surface area contributed by atoms with Crippen LogP contribution in [0.1, 0.15) is 22.1 Å². The first kappa shape index (κ1) is 22.8. The molecule has 0 radical (unpaired) electrons. The van der Waals surface area contributed by atoms with E-state index >= 15 is 0 Å². The van der Waals surface area contributed by atoms with Crippen molar-refractivity contribution in [3.05, 3.63) is 108 Å². The number of pyridine rings is 1. The van der Waals surface area contributed by atoms with Gasteiger partial charge in [-0.15, -0.1) is 11.8 Å². The number of hydrogen-bond acceptors (Lipinski definition) is 5. The zero-order chi connectivity index (χ0) is 23.2. The van der Waals surface area contributed by atoms with Gasteiger partial charge in [-0.2, -0.15) is 0 Å². The third kappa shape index (κ3) is 5.41. The summed E-state index contributed by atoms with van der Waals surface area (Å²) in [5.41, 5.74) is 4.85. The summed E-state index contributed by atoms with van der Waals surface area (Å²) >= 11 is 1.79. The minimum atomic E-state index is -0.121.